The second-order valence-corrected chi connectivity index (χ2v) is 5.20. The molecule has 16 heavy (non-hydrogen) atoms. The maximum Gasteiger partial charge on any atom is 0.273 e. The number of aromatic nitrogens is 3. The largest absolute Gasteiger partial charge is 0.309 e. The normalized spacial score (nSPS) is 12.3. The topological polar surface area (TPSA) is 94.1 Å². The van der Waals surface area contributed by atoms with Crippen molar-refractivity contribution in [2.75, 3.05) is 20.6 Å². The van der Waals surface area contributed by atoms with Crippen LogP contribution in [-0.4, -0.2) is 48.7 Å². The minimum Gasteiger partial charge on any atom is -0.309 e. The van der Waals surface area contributed by atoms with Gasteiger partial charge in [0.05, 0.1) is 0 Å². The zero-order valence-corrected chi connectivity index (χ0v) is 10.5. The molecule has 0 atom stereocenters. The molecular weight excluding hydrogens is 230 g/mol. The highest BCUT2D eigenvalue weighted by molar-refractivity contribution is 7.89. The molecule has 0 fully saturated rings. The molecule has 0 saturated carbocycles. The number of nitrogens with zero attached hydrogens (tertiary/aromatic N) is 4. The zero-order valence-electron chi connectivity index (χ0n) is 9.71. The first-order valence-electron chi connectivity index (χ1n) is 4.96. The van der Waals surface area contributed by atoms with Gasteiger partial charge in [-0.2, -0.15) is 0 Å². The van der Waals surface area contributed by atoms with Crippen molar-refractivity contribution in [3.8, 4) is 0 Å². The summed E-state index contributed by atoms with van der Waals surface area (Å²) in [6.07, 6.45) is 0.642. The van der Waals surface area contributed by atoms with Crippen molar-refractivity contribution in [2.45, 2.75) is 25.0 Å². The smallest absolute Gasteiger partial charge is 0.273 e. The van der Waals surface area contributed by atoms with Gasteiger partial charge in [0.2, 0.25) is 0 Å². The first-order chi connectivity index (χ1) is 7.36. The number of rotatable bonds is 5. The first kappa shape index (κ1) is 13.1. The third-order valence-electron chi connectivity index (χ3n) is 2.15. The van der Waals surface area contributed by atoms with Crippen LogP contribution in [0, 0.1) is 0 Å². The highest BCUT2D eigenvalue weighted by atomic mass is 32.2. The third kappa shape index (κ3) is 3.00. The summed E-state index contributed by atoms with van der Waals surface area (Å²) in [5.41, 5.74) is 0. The predicted molar refractivity (Wildman–Crippen MR) is 59.3 cm³/mol. The SMILES string of the molecule is CCn1c(CCN(C)C)nnc1S(N)(=O)=O. The van der Waals surface area contributed by atoms with Crippen LogP contribution in [-0.2, 0) is 23.0 Å². The fraction of sp³-hybridized carbons (Fsp3) is 0.750. The molecule has 0 amide bonds. The monoisotopic (exact) mass is 247 g/mol. The molecule has 0 bridgehead atoms. The van der Waals surface area contributed by atoms with Crippen LogP contribution < -0.4 is 5.14 Å². The zero-order chi connectivity index (χ0) is 12.3. The van der Waals surface area contributed by atoms with E-state index in [2.05, 4.69) is 10.2 Å². The average Bonchev–Trinajstić information content (AvgIpc) is 2.56. The second kappa shape index (κ2) is 4.89. The van der Waals surface area contributed by atoms with E-state index in [0.717, 1.165) is 6.54 Å². The second-order valence-electron chi connectivity index (χ2n) is 3.74. The molecule has 8 heteroatoms. The molecule has 1 aromatic heterocycles. The predicted octanol–water partition coefficient (Wildman–Crippen LogP) is -0.950. The Morgan fingerprint density at radius 1 is 1.38 bits per heavy atom. The van der Waals surface area contributed by atoms with E-state index >= 15 is 0 Å². The minimum atomic E-state index is -3.79. The lowest BCUT2D eigenvalue weighted by atomic mass is 10.4. The van der Waals surface area contributed by atoms with Crippen LogP contribution in [0.5, 0.6) is 0 Å². The van der Waals surface area contributed by atoms with Gasteiger partial charge in [0.25, 0.3) is 15.2 Å². The molecular formula is C8H17N5O2S. The summed E-state index contributed by atoms with van der Waals surface area (Å²) >= 11 is 0. The first-order valence-corrected chi connectivity index (χ1v) is 6.50. The van der Waals surface area contributed by atoms with Crippen molar-refractivity contribution in [1.82, 2.24) is 19.7 Å². The fourth-order valence-corrected chi connectivity index (χ4v) is 2.05. The number of hydrogen-bond acceptors (Lipinski definition) is 5. The molecule has 0 unspecified atom stereocenters. The molecule has 1 heterocycles. The van der Waals surface area contributed by atoms with Gasteiger partial charge >= 0.3 is 0 Å². The van der Waals surface area contributed by atoms with Gasteiger partial charge < -0.3 is 9.47 Å². The van der Waals surface area contributed by atoms with Gasteiger partial charge in [-0.05, 0) is 21.0 Å². The van der Waals surface area contributed by atoms with E-state index < -0.39 is 10.0 Å². The van der Waals surface area contributed by atoms with Crippen LogP contribution >= 0.6 is 0 Å². The Morgan fingerprint density at radius 3 is 2.44 bits per heavy atom. The molecule has 92 valence electrons. The van der Waals surface area contributed by atoms with Crippen molar-refractivity contribution >= 4 is 10.0 Å². The van der Waals surface area contributed by atoms with E-state index in [-0.39, 0.29) is 5.16 Å². The van der Waals surface area contributed by atoms with E-state index in [1.165, 1.54) is 4.57 Å². The molecule has 2 N–H and O–H groups in total. The van der Waals surface area contributed by atoms with Crippen molar-refractivity contribution in [3.63, 3.8) is 0 Å². The third-order valence-corrected chi connectivity index (χ3v) is 2.96. The van der Waals surface area contributed by atoms with E-state index in [9.17, 15) is 8.42 Å². The van der Waals surface area contributed by atoms with Gasteiger partial charge in [-0.25, -0.2) is 13.6 Å². The van der Waals surface area contributed by atoms with Gasteiger partial charge in [0.15, 0.2) is 0 Å². The number of primary sulfonamides is 1. The molecule has 7 nitrogen and oxygen atoms in total. The van der Waals surface area contributed by atoms with E-state index in [0.29, 0.717) is 18.8 Å². The lowest BCUT2D eigenvalue weighted by molar-refractivity contribution is 0.405. The van der Waals surface area contributed by atoms with Crippen molar-refractivity contribution in [1.29, 1.82) is 0 Å². The number of nitrogens with two attached hydrogens (primary N) is 1. The highest BCUT2D eigenvalue weighted by Crippen LogP contribution is 2.07. The summed E-state index contributed by atoms with van der Waals surface area (Å²) in [6.45, 7) is 3.10. The van der Waals surface area contributed by atoms with Gasteiger partial charge in [-0.15, -0.1) is 10.2 Å². The quantitative estimate of drug-likeness (QED) is 0.724. The maximum absolute atomic E-state index is 11.2. The molecule has 0 aliphatic heterocycles. The standard InChI is InChI=1S/C8H17N5O2S/c1-4-13-7(5-6-12(2)3)10-11-8(13)16(9,14)15/h4-6H2,1-3H3,(H2,9,14,15). The van der Waals surface area contributed by atoms with Gasteiger partial charge in [-0.1, -0.05) is 0 Å². The molecule has 1 rings (SSSR count). The average molecular weight is 247 g/mol. The maximum atomic E-state index is 11.2. The van der Waals surface area contributed by atoms with Crippen molar-refractivity contribution in [2.24, 2.45) is 5.14 Å². The van der Waals surface area contributed by atoms with Crippen LogP contribution in [0.1, 0.15) is 12.7 Å². The summed E-state index contributed by atoms with van der Waals surface area (Å²) in [5.74, 6) is 0.639. The Hall–Kier alpha value is -0.990. The van der Waals surface area contributed by atoms with E-state index in [1.54, 1.807) is 0 Å². The molecule has 0 aromatic carbocycles. The van der Waals surface area contributed by atoms with Crippen LogP contribution in [0.25, 0.3) is 0 Å². The fourth-order valence-electron chi connectivity index (χ4n) is 1.36. The lowest BCUT2D eigenvalue weighted by Crippen LogP contribution is -2.21. The summed E-state index contributed by atoms with van der Waals surface area (Å²) in [6, 6.07) is 0. The molecule has 0 radical (unpaired) electrons. The highest BCUT2D eigenvalue weighted by Gasteiger charge is 2.19. The number of sulfonamides is 1. The van der Waals surface area contributed by atoms with Crippen molar-refractivity contribution in [3.05, 3.63) is 5.82 Å². The molecule has 1 aromatic rings. The van der Waals surface area contributed by atoms with Gasteiger partial charge in [0, 0.05) is 19.5 Å². The Morgan fingerprint density at radius 2 is 2.00 bits per heavy atom. The van der Waals surface area contributed by atoms with Crippen LogP contribution in [0.15, 0.2) is 5.16 Å². The van der Waals surface area contributed by atoms with Gasteiger partial charge in [-0.3, -0.25) is 0 Å². The van der Waals surface area contributed by atoms with Crippen LogP contribution in [0.4, 0.5) is 0 Å². The summed E-state index contributed by atoms with van der Waals surface area (Å²) < 4.78 is 23.9. The van der Waals surface area contributed by atoms with Gasteiger partial charge in [0.1, 0.15) is 5.82 Å². The summed E-state index contributed by atoms with van der Waals surface area (Å²) in [4.78, 5) is 1.99. The summed E-state index contributed by atoms with van der Waals surface area (Å²) in [7, 11) is 0.0879. The molecule has 0 aliphatic carbocycles. The minimum absolute atomic E-state index is 0.163. The molecule has 0 saturated heterocycles. The lowest BCUT2D eigenvalue weighted by Gasteiger charge is -2.09. The Labute approximate surface area is 95.3 Å². The van der Waals surface area contributed by atoms with Crippen LogP contribution in [0.3, 0.4) is 0 Å². The Bertz CT molecular complexity index is 451. The molecule has 0 spiro atoms. The number of hydrogen-bond donors (Lipinski definition) is 1. The molecule has 0 aliphatic rings. The Balaban J connectivity index is 3.00. The van der Waals surface area contributed by atoms with E-state index in [4.69, 9.17) is 5.14 Å². The Kier molecular flexibility index (Phi) is 4.00. The van der Waals surface area contributed by atoms with Crippen molar-refractivity contribution < 1.29 is 8.42 Å². The number of likely N-dealkylation sites (N-methyl/N-ethyl adjacent to an activating group) is 1. The van der Waals surface area contributed by atoms with E-state index in [1.807, 2.05) is 25.9 Å². The summed E-state index contributed by atoms with van der Waals surface area (Å²) in [5, 5.41) is 12.3. The van der Waals surface area contributed by atoms with Crippen LogP contribution in [0.2, 0.25) is 0 Å².